The van der Waals surface area contributed by atoms with E-state index in [0.717, 1.165) is 12.8 Å². The number of aromatic nitrogens is 1. The summed E-state index contributed by atoms with van der Waals surface area (Å²) >= 11 is 0. The Kier molecular flexibility index (Phi) is 2.66. The quantitative estimate of drug-likeness (QED) is 0.831. The predicted octanol–water partition coefficient (Wildman–Crippen LogP) is 0.622. The average molecular weight is 261 g/mol. The molecule has 1 amide bonds. The number of pyridine rings is 1. The van der Waals surface area contributed by atoms with Crippen LogP contribution in [-0.2, 0) is 4.79 Å². The second kappa shape index (κ2) is 4.22. The van der Waals surface area contributed by atoms with Gasteiger partial charge in [-0.2, -0.15) is 0 Å². The van der Waals surface area contributed by atoms with E-state index < -0.39 is 11.9 Å². The molecule has 1 aromatic rings. The lowest BCUT2D eigenvalue weighted by Gasteiger charge is -2.24. The van der Waals surface area contributed by atoms with Gasteiger partial charge in [-0.05, 0) is 31.4 Å². The van der Waals surface area contributed by atoms with E-state index in [1.54, 1.807) is 18.3 Å². The fourth-order valence-electron chi connectivity index (χ4n) is 3.32. The van der Waals surface area contributed by atoms with E-state index in [0.29, 0.717) is 17.8 Å². The van der Waals surface area contributed by atoms with Gasteiger partial charge in [0.1, 0.15) is 5.82 Å². The van der Waals surface area contributed by atoms with E-state index in [9.17, 15) is 14.7 Å². The molecule has 2 bridgehead atoms. The van der Waals surface area contributed by atoms with Gasteiger partial charge in [-0.25, -0.2) is 4.98 Å². The highest BCUT2D eigenvalue weighted by molar-refractivity contribution is 5.93. The molecule has 6 heteroatoms. The number of carbonyl (C=O) groups is 2. The van der Waals surface area contributed by atoms with Crippen LogP contribution in [0.4, 0.5) is 5.82 Å². The molecule has 0 radical (unpaired) electrons. The van der Waals surface area contributed by atoms with Crippen LogP contribution in [0.5, 0.6) is 0 Å². The Balaban J connectivity index is 1.93. The van der Waals surface area contributed by atoms with Crippen molar-refractivity contribution in [3.63, 3.8) is 0 Å². The summed E-state index contributed by atoms with van der Waals surface area (Å²) in [5.41, 5.74) is 5.67. The monoisotopic (exact) mass is 261 g/mol. The number of hydrogen-bond donors (Lipinski definition) is 2. The van der Waals surface area contributed by atoms with Gasteiger partial charge in [0.15, 0.2) is 0 Å². The lowest BCUT2D eigenvalue weighted by atomic mass is 9.89. The van der Waals surface area contributed by atoms with Crippen molar-refractivity contribution < 1.29 is 14.7 Å². The molecule has 100 valence electrons. The number of nitrogens with zero attached hydrogens (tertiary/aromatic N) is 2. The minimum absolute atomic E-state index is 0.0156. The molecular weight excluding hydrogens is 246 g/mol. The van der Waals surface area contributed by atoms with E-state index in [2.05, 4.69) is 4.98 Å². The number of primary amides is 1. The molecule has 3 atom stereocenters. The van der Waals surface area contributed by atoms with Gasteiger partial charge in [0.05, 0.1) is 5.92 Å². The van der Waals surface area contributed by atoms with Crippen molar-refractivity contribution in [1.29, 1.82) is 0 Å². The van der Waals surface area contributed by atoms with Gasteiger partial charge < -0.3 is 15.7 Å². The molecule has 0 saturated carbocycles. The Labute approximate surface area is 110 Å². The summed E-state index contributed by atoms with van der Waals surface area (Å²) in [6, 6.07) is 3.41. The molecule has 3 N–H and O–H groups in total. The number of carbonyl (C=O) groups excluding carboxylic acids is 1. The topological polar surface area (TPSA) is 96.5 Å². The van der Waals surface area contributed by atoms with Crippen LogP contribution in [-0.4, -0.2) is 34.1 Å². The molecule has 0 aromatic carbocycles. The van der Waals surface area contributed by atoms with Crippen LogP contribution in [0.15, 0.2) is 18.3 Å². The summed E-state index contributed by atoms with van der Waals surface area (Å²) in [7, 11) is 0. The Morgan fingerprint density at radius 3 is 2.84 bits per heavy atom. The van der Waals surface area contributed by atoms with Gasteiger partial charge in [0.2, 0.25) is 5.91 Å². The van der Waals surface area contributed by atoms with E-state index in [1.807, 2.05) is 4.90 Å². The zero-order chi connectivity index (χ0) is 13.6. The smallest absolute Gasteiger partial charge is 0.308 e. The van der Waals surface area contributed by atoms with Crippen molar-refractivity contribution in [2.45, 2.75) is 31.3 Å². The summed E-state index contributed by atoms with van der Waals surface area (Å²) in [5, 5.41) is 9.22. The third kappa shape index (κ3) is 1.83. The summed E-state index contributed by atoms with van der Waals surface area (Å²) in [6.45, 7) is 0. The van der Waals surface area contributed by atoms with Gasteiger partial charge in [-0.1, -0.05) is 0 Å². The van der Waals surface area contributed by atoms with Crippen molar-refractivity contribution in [1.82, 2.24) is 4.98 Å². The Morgan fingerprint density at radius 2 is 2.21 bits per heavy atom. The van der Waals surface area contributed by atoms with E-state index in [1.165, 1.54) is 0 Å². The molecule has 1 aromatic heterocycles. The number of carboxylic acid groups (broad SMARTS) is 1. The van der Waals surface area contributed by atoms with Crippen LogP contribution in [0, 0.1) is 5.92 Å². The second-order valence-electron chi connectivity index (χ2n) is 5.15. The molecule has 19 heavy (non-hydrogen) atoms. The van der Waals surface area contributed by atoms with Crippen molar-refractivity contribution >= 4 is 17.7 Å². The Morgan fingerprint density at radius 1 is 1.42 bits per heavy atom. The Bertz CT molecular complexity index is 546. The largest absolute Gasteiger partial charge is 0.481 e. The highest BCUT2D eigenvalue weighted by Gasteiger charge is 2.49. The maximum absolute atomic E-state index is 11.2. The minimum atomic E-state index is -0.747. The molecule has 2 fully saturated rings. The first-order valence-corrected chi connectivity index (χ1v) is 6.35. The first-order valence-electron chi connectivity index (χ1n) is 6.35. The van der Waals surface area contributed by atoms with Gasteiger partial charge in [-0.15, -0.1) is 0 Å². The summed E-state index contributed by atoms with van der Waals surface area (Å²) < 4.78 is 0. The van der Waals surface area contributed by atoms with E-state index in [-0.39, 0.29) is 18.0 Å². The lowest BCUT2D eigenvalue weighted by Crippen LogP contribution is -2.33. The number of carboxylic acids is 1. The molecule has 2 saturated heterocycles. The van der Waals surface area contributed by atoms with Crippen molar-refractivity contribution in [3.8, 4) is 0 Å². The standard InChI is InChI=1S/C13H15N3O3/c14-12(17)7-3-4-15-11(5-7)16-8-1-2-10(16)9(6-8)13(18)19/h3-5,8-10H,1-2,6H2,(H2,14,17)(H,18,19). The van der Waals surface area contributed by atoms with Crippen LogP contribution in [0.1, 0.15) is 29.6 Å². The fraction of sp³-hybridized carbons (Fsp3) is 0.462. The van der Waals surface area contributed by atoms with Crippen LogP contribution < -0.4 is 10.6 Å². The molecule has 0 spiro atoms. The number of aliphatic carboxylic acids is 1. The lowest BCUT2D eigenvalue weighted by molar-refractivity contribution is -0.142. The van der Waals surface area contributed by atoms with Gasteiger partial charge in [-0.3, -0.25) is 9.59 Å². The SMILES string of the molecule is NC(=O)c1ccnc(N2C3CCC2C(C(=O)O)C3)c1. The number of amides is 1. The number of rotatable bonds is 3. The number of fused-ring (bicyclic) bond motifs is 2. The number of hydrogen-bond acceptors (Lipinski definition) is 4. The third-order valence-electron chi connectivity index (χ3n) is 4.15. The molecule has 2 aliphatic rings. The van der Waals surface area contributed by atoms with Gasteiger partial charge >= 0.3 is 5.97 Å². The molecule has 6 nitrogen and oxygen atoms in total. The highest BCUT2D eigenvalue weighted by atomic mass is 16.4. The summed E-state index contributed by atoms with van der Waals surface area (Å²) in [4.78, 5) is 28.7. The molecule has 3 rings (SSSR count). The highest BCUT2D eigenvalue weighted by Crippen LogP contribution is 2.43. The maximum Gasteiger partial charge on any atom is 0.308 e. The maximum atomic E-state index is 11.2. The minimum Gasteiger partial charge on any atom is -0.481 e. The fourth-order valence-corrected chi connectivity index (χ4v) is 3.32. The van der Waals surface area contributed by atoms with Crippen LogP contribution >= 0.6 is 0 Å². The molecule has 0 aliphatic carbocycles. The molecule has 3 heterocycles. The first kappa shape index (κ1) is 12.0. The zero-order valence-electron chi connectivity index (χ0n) is 10.3. The van der Waals surface area contributed by atoms with E-state index in [4.69, 9.17) is 5.73 Å². The third-order valence-corrected chi connectivity index (χ3v) is 4.15. The predicted molar refractivity (Wildman–Crippen MR) is 67.8 cm³/mol. The van der Waals surface area contributed by atoms with Crippen molar-refractivity contribution in [3.05, 3.63) is 23.9 Å². The van der Waals surface area contributed by atoms with Gasteiger partial charge in [0, 0.05) is 23.8 Å². The van der Waals surface area contributed by atoms with Gasteiger partial charge in [0.25, 0.3) is 0 Å². The summed E-state index contributed by atoms with van der Waals surface area (Å²) in [5.74, 6) is -0.918. The van der Waals surface area contributed by atoms with Crippen molar-refractivity contribution in [2.75, 3.05) is 4.90 Å². The van der Waals surface area contributed by atoms with Crippen molar-refractivity contribution in [2.24, 2.45) is 11.7 Å². The number of nitrogens with two attached hydrogens (primary N) is 1. The first-order chi connectivity index (χ1) is 9.08. The van der Waals surface area contributed by atoms with Crippen LogP contribution in [0.3, 0.4) is 0 Å². The summed E-state index contributed by atoms with van der Waals surface area (Å²) in [6.07, 6.45) is 4.05. The number of anilines is 1. The molecule has 2 aliphatic heterocycles. The van der Waals surface area contributed by atoms with Crippen LogP contribution in [0.25, 0.3) is 0 Å². The average Bonchev–Trinajstić information content (AvgIpc) is 2.96. The van der Waals surface area contributed by atoms with Crippen LogP contribution in [0.2, 0.25) is 0 Å². The zero-order valence-corrected chi connectivity index (χ0v) is 10.3. The normalized spacial score (nSPS) is 28.6. The Hall–Kier alpha value is -2.11. The van der Waals surface area contributed by atoms with E-state index >= 15 is 0 Å². The molecular formula is C13H15N3O3. The second-order valence-corrected chi connectivity index (χ2v) is 5.15. The molecule has 3 unspecified atom stereocenters.